The van der Waals surface area contributed by atoms with E-state index in [0.717, 1.165) is 32.8 Å². The highest BCUT2D eigenvalue weighted by Crippen LogP contribution is 2.46. The lowest BCUT2D eigenvalue weighted by molar-refractivity contribution is 0.630. The Morgan fingerprint density at radius 2 is 0.972 bits per heavy atom. The predicted octanol–water partition coefficient (Wildman–Crippen LogP) is 10.1. The Hall–Kier alpha value is -4.49. The summed E-state index contributed by atoms with van der Waals surface area (Å²) in [7, 11) is 0. The zero-order valence-electron chi connectivity index (χ0n) is 19.9. The smallest absolute Gasteiger partial charge is 0.123 e. The summed E-state index contributed by atoms with van der Waals surface area (Å²) in [5, 5.41) is 9.11. The van der Waals surface area contributed by atoms with Gasteiger partial charge >= 0.3 is 0 Å². The van der Waals surface area contributed by atoms with Gasteiger partial charge < -0.3 is 0 Å². The molecule has 0 aliphatic heterocycles. The monoisotopic (exact) mass is 462 g/mol. The number of rotatable bonds is 2. The minimum absolute atomic E-state index is 0.223. The summed E-state index contributed by atoms with van der Waals surface area (Å²) in [5.74, 6) is -0.223. The van der Waals surface area contributed by atoms with E-state index in [4.69, 9.17) is 0 Å². The van der Waals surface area contributed by atoms with Gasteiger partial charge in [0, 0.05) is 0 Å². The summed E-state index contributed by atoms with van der Waals surface area (Å²) >= 11 is 0. The van der Waals surface area contributed by atoms with E-state index in [1.165, 1.54) is 38.1 Å². The first kappa shape index (κ1) is 20.8. The summed E-state index contributed by atoms with van der Waals surface area (Å²) in [6.07, 6.45) is 0. The van der Waals surface area contributed by atoms with E-state index in [9.17, 15) is 4.39 Å². The number of fused-ring (bicyclic) bond motifs is 4. The fourth-order valence-corrected chi connectivity index (χ4v) is 5.84. The summed E-state index contributed by atoms with van der Waals surface area (Å²) < 4.78 is 14.9. The molecule has 36 heavy (non-hydrogen) atoms. The van der Waals surface area contributed by atoms with Crippen molar-refractivity contribution in [2.45, 2.75) is 6.92 Å². The first-order valence-corrected chi connectivity index (χ1v) is 12.3. The van der Waals surface area contributed by atoms with Crippen molar-refractivity contribution in [3.8, 4) is 22.3 Å². The third-order valence-electron chi connectivity index (χ3n) is 7.46. The van der Waals surface area contributed by atoms with Gasteiger partial charge in [-0.2, -0.15) is 0 Å². The van der Waals surface area contributed by atoms with Crippen LogP contribution in [0.25, 0.3) is 65.3 Å². The molecule has 7 aromatic carbocycles. The van der Waals surface area contributed by atoms with Gasteiger partial charge in [0.05, 0.1) is 0 Å². The maximum Gasteiger partial charge on any atom is 0.123 e. The van der Waals surface area contributed by atoms with E-state index in [0.29, 0.717) is 0 Å². The van der Waals surface area contributed by atoms with E-state index in [1.54, 1.807) is 12.1 Å². The molecule has 0 saturated heterocycles. The van der Waals surface area contributed by atoms with Crippen molar-refractivity contribution < 1.29 is 4.39 Å². The van der Waals surface area contributed by atoms with Crippen molar-refractivity contribution in [2.75, 3.05) is 0 Å². The third kappa shape index (κ3) is 3.06. The molecule has 7 aromatic rings. The minimum Gasteiger partial charge on any atom is -0.207 e. The molecular formula is C35H23F. The zero-order chi connectivity index (χ0) is 24.2. The summed E-state index contributed by atoms with van der Waals surface area (Å²) in [6.45, 7) is 2.15. The van der Waals surface area contributed by atoms with Crippen LogP contribution in [0.1, 0.15) is 5.56 Å². The summed E-state index contributed by atoms with van der Waals surface area (Å²) in [4.78, 5) is 0. The van der Waals surface area contributed by atoms with E-state index in [1.807, 2.05) is 6.07 Å². The molecule has 0 unspecified atom stereocenters. The maximum absolute atomic E-state index is 14.9. The molecular weight excluding hydrogens is 439 g/mol. The molecule has 1 heteroatoms. The van der Waals surface area contributed by atoms with E-state index in [-0.39, 0.29) is 5.82 Å². The highest BCUT2D eigenvalue weighted by Gasteiger charge is 2.19. The fourth-order valence-electron chi connectivity index (χ4n) is 5.84. The van der Waals surface area contributed by atoms with Crippen LogP contribution in [0.15, 0.2) is 121 Å². The molecule has 0 amide bonds. The second-order valence-electron chi connectivity index (χ2n) is 9.49. The largest absolute Gasteiger partial charge is 0.207 e. The van der Waals surface area contributed by atoms with Crippen LogP contribution in [0, 0.1) is 12.7 Å². The fraction of sp³-hybridized carbons (Fsp3) is 0.0286. The van der Waals surface area contributed by atoms with Crippen molar-refractivity contribution >= 4 is 43.1 Å². The van der Waals surface area contributed by atoms with Crippen molar-refractivity contribution in [2.24, 2.45) is 0 Å². The van der Waals surface area contributed by atoms with Gasteiger partial charge in [0.2, 0.25) is 0 Å². The lowest BCUT2D eigenvalue weighted by Gasteiger charge is -2.20. The van der Waals surface area contributed by atoms with Crippen LogP contribution in [-0.4, -0.2) is 0 Å². The van der Waals surface area contributed by atoms with E-state index < -0.39 is 0 Å². The molecule has 170 valence electrons. The molecule has 0 nitrogen and oxygen atoms in total. The Kier molecular flexibility index (Phi) is 4.65. The lowest BCUT2D eigenvalue weighted by Crippen LogP contribution is -1.93. The first-order chi connectivity index (χ1) is 17.7. The SMILES string of the molecule is Cc1ccc(-c2c3ccccc3c(-c3cccc4ccccc34)c3cc(F)ccc23)c2ccccc12. The Morgan fingerprint density at radius 1 is 0.417 bits per heavy atom. The minimum atomic E-state index is -0.223. The predicted molar refractivity (Wildman–Crippen MR) is 152 cm³/mol. The Balaban J connectivity index is 1.72. The molecule has 0 bridgehead atoms. The Labute approximate surface area is 209 Å². The number of aryl methyl sites for hydroxylation is 1. The molecule has 7 rings (SSSR count). The molecule has 0 aliphatic rings. The van der Waals surface area contributed by atoms with Gasteiger partial charge in [-0.1, -0.05) is 109 Å². The molecule has 0 heterocycles. The van der Waals surface area contributed by atoms with Gasteiger partial charge in [-0.25, -0.2) is 4.39 Å². The van der Waals surface area contributed by atoms with Crippen molar-refractivity contribution in [1.82, 2.24) is 0 Å². The van der Waals surface area contributed by atoms with Gasteiger partial charge in [0.1, 0.15) is 5.82 Å². The van der Waals surface area contributed by atoms with Gasteiger partial charge in [0.15, 0.2) is 0 Å². The molecule has 0 saturated carbocycles. The van der Waals surface area contributed by atoms with Crippen LogP contribution < -0.4 is 0 Å². The molecule has 0 N–H and O–H groups in total. The van der Waals surface area contributed by atoms with Crippen LogP contribution >= 0.6 is 0 Å². The average Bonchev–Trinajstić information content (AvgIpc) is 2.92. The second-order valence-corrected chi connectivity index (χ2v) is 9.49. The van der Waals surface area contributed by atoms with Gasteiger partial charge in [-0.3, -0.25) is 0 Å². The van der Waals surface area contributed by atoms with Crippen molar-refractivity contribution in [1.29, 1.82) is 0 Å². The average molecular weight is 463 g/mol. The zero-order valence-corrected chi connectivity index (χ0v) is 19.9. The summed E-state index contributed by atoms with van der Waals surface area (Å²) in [6, 6.07) is 41.6. The van der Waals surface area contributed by atoms with Crippen molar-refractivity contribution in [3.63, 3.8) is 0 Å². The Bertz CT molecular complexity index is 1960. The molecule has 0 atom stereocenters. The van der Waals surface area contributed by atoms with Gasteiger partial charge in [0.25, 0.3) is 0 Å². The van der Waals surface area contributed by atoms with Crippen LogP contribution in [0.3, 0.4) is 0 Å². The van der Waals surface area contributed by atoms with Gasteiger partial charge in [-0.05, 0) is 90.0 Å². The quantitative estimate of drug-likeness (QED) is 0.224. The highest BCUT2D eigenvalue weighted by molar-refractivity contribution is 6.25. The highest BCUT2D eigenvalue weighted by atomic mass is 19.1. The number of halogens is 1. The first-order valence-electron chi connectivity index (χ1n) is 12.3. The van der Waals surface area contributed by atoms with Crippen LogP contribution in [0.5, 0.6) is 0 Å². The molecule has 0 radical (unpaired) electrons. The molecule has 0 aromatic heterocycles. The van der Waals surface area contributed by atoms with Gasteiger partial charge in [-0.15, -0.1) is 0 Å². The van der Waals surface area contributed by atoms with Crippen LogP contribution in [0.2, 0.25) is 0 Å². The molecule has 0 fully saturated rings. The molecule has 0 aliphatic carbocycles. The van der Waals surface area contributed by atoms with Crippen LogP contribution in [0.4, 0.5) is 4.39 Å². The topological polar surface area (TPSA) is 0 Å². The van der Waals surface area contributed by atoms with Crippen LogP contribution in [-0.2, 0) is 0 Å². The number of hydrogen-bond donors (Lipinski definition) is 0. The van der Waals surface area contributed by atoms with E-state index in [2.05, 4.69) is 110 Å². The normalized spacial score (nSPS) is 11.6. The third-order valence-corrected chi connectivity index (χ3v) is 7.46. The van der Waals surface area contributed by atoms with Crippen molar-refractivity contribution in [3.05, 3.63) is 133 Å². The lowest BCUT2D eigenvalue weighted by atomic mass is 9.83. The Morgan fingerprint density at radius 3 is 1.75 bits per heavy atom. The summed E-state index contributed by atoms with van der Waals surface area (Å²) in [5.41, 5.74) is 5.79. The number of benzene rings is 7. The molecule has 0 spiro atoms. The standard InChI is InChI=1S/C35H23F/c1-22-17-19-31(27-13-5-4-11-25(22)27)34-29-14-6-7-15-30(29)35(33-21-24(36)18-20-32(33)34)28-16-8-10-23-9-2-3-12-26(23)28/h2-21H,1H3. The maximum atomic E-state index is 14.9. The second kappa shape index (κ2) is 8.03. The number of hydrogen-bond acceptors (Lipinski definition) is 0. The van der Waals surface area contributed by atoms with E-state index >= 15 is 0 Å².